The smallest absolute Gasteiger partial charge is 0.319 e. The molecule has 2 N–H and O–H groups in total. The van der Waals surface area contributed by atoms with Crippen LogP contribution >= 0.6 is 11.8 Å². The number of hydrogen-bond acceptors (Lipinski definition) is 5. The lowest BCUT2D eigenvalue weighted by molar-refractivity contribution is -0.147. The molecule has 1 aromatic carbocycles. The normalized spacial score (nSPS) is 11.0. The molecule has 0 unspecified atom stereocenters. The lowest BCUT2D eigenvalue weighted by Crippen LogP contribution is -2.31. The van der Waals surface area contributed by atoms with Crippen LogP contribution in [-0.2, 0) is 19.1 Å². The molecule has 0 saturated carbocycles. The van der Waals surface area contributed by atoms with E-state index in [1.165, 1.54) is 24.3 Å². The Hall–Kier alpha value is -2.53. The van der Waals surface area contributed by atoms with Crippen LogP contribution in [0.25, 0.3) is 0 Å². The molecule has 6 nitrogen and oxygen atoms in total. The van der Waals surface area contributed by atoms with Crippen LogP contribution in [0.4, 0.5) is 10.1 Å². The number of hydrogen-bond donors (Lipinski definition) is 2. The number of terminal acetylenes is 1. The van der Waals surface area contributed by atoms with Crippen molar-refractivity contribution < 1.29 is 23.5 Å². The van der Waals surface area contributed by atoms with Gasteiger partial charge in [-0.05, 0) is 31.2 Å². The van der Waals surface area contributed by atoms with E-state index in [1.54, 1.807) is 6.92 Å². The Kier molecular flexibility index (Phi) is 8.36. The lowest BCUT2D eigenvalue weighted by Gasteiger charge is -2.11. The van der Waals surface area contributed by atoms with Gasteiger partial charge in [-0.1, -0.05) is 5.92 Å². The topological polar surface area (TPSA) is 84.5 Å². The number of nitrogens with one attached hydrogen (secondary N) is 2. The van der Waals surface area contributed by atoms with Crippen molar-refractivity contribution in [1.29, 1.82) is 0 Å². The van der Waals surface area contributed by atoms with Crippen LogP contribution in [0.15, 0.2) is 24.3 Å². The van der Waals surface area contributed by atoms with Gasteiger partial charge in [0.25, 0.3) is 5.91 Å². The maximum absolute atomic E-state index is 12.8. The van der Waals surface area contributed by atoms with E-state index < -0.39 is 29.6 Å². The zero-order chi connectivity index (χ0) is 17.9. The average Bonchev–Trinajstić information content (AvgIpc) is 2.57. The van der Waals surface area contributed by atoms with Crippen LogP contribution in [0.5, 0.6) is 0 Å². The molecule has 0 spiro atoms. The maximum atomic E-state index is 12.8. The number of halogens is 1. The average molecular weight is 352 g/mol. The highest BCUT2D eigenvalue weighted by molar-refractivity contribution is 8.01. The summed E-state index contributed by atoms with van der Waals surface area (Å²) >= 11 is 1.06. The standard InChI is InChI=1S/C16H17FN2O4S/c1-3-8-18-14(20)9-23-16(22)11(2)24-10-15(21)19-13-6-4-12(17)5-7-13/h1,4-7,11H,8-10H2,2H3,(H,18,20)(H,19,21)/t11-/m0/s1. The second-order valence-corrected chi connectivity index (χ2v) is 5.93. The number of benzene rings is 1. The van der Waals surface area contributed by atoms with Gasteiger partial charge in [-0.15, -0.1) is 18.2 Å². The van der Waals surface area contributed by atoms with Crippen LogP contribution in [0.2, 0.25) is 0 Å². The molecule has 128 valence electrons. The van der Waals surface area contributed by atoms with Gasteiger partial charge in [0.15, 0.2) is 6.61 Å². The quantitative estimate of drug-likeness (QED) is 0.542. The van der Waals surface area contributed by atoms with E-state index in [1.807, 2.05) is 0 Å². The van der Waals surface area contributed by atoms with Crippen molar-refractivity contribution in [2.45, 2.75) is 12.2 Å². The van der Waals surface area contributed by atoms with Gasteiger partial charge in [-0.2, -0.15) is 0 Å². The van der Waals surface area contributed by atoms with Gasteiger partial charge in [-0.25, -0.2) is 4.39 Å². The summed E-state index contributed by atoms with van der Waals surface area (Å²) in [7, 11) is 0. The summed E-state index contributed by atoms with van der Waals surface area (Å²) in [6.07, 6.45) is 4.98. The van der Waals surface area contributed by atoms with Crippen molar-refractivity contribution in [1.82, 2.24) is 5.32 Å². The molecule has 1 rings (SSSR count). The molecule has 0 aliphatic rings. The Labute approximate surface area is 143 Å². The summed E-state index contributed by atoms with van der Waals surface area (Å²) in [6.45, 7) is 1.20. The van der Waals surface area contributed by atoms with Crippen LogP contribution in [-0.4, -0.2) is 41.9 Å². The monoisotopic (exact) mass is 352 g/mol. The number of thioether (sulfide) groups is 1. The van der Waals surface area contributed by atoms with Crippen LogP contribution < -0.4 is 10.6 Å². The minimum absolute atomic E-state index is 0.0108. The van der Waals surface area contributed by atoms with Crippen molar-refractivity contribution in [3.8, 4) is 12.3 Å². The zero-order valence-corrected chi connectivity index (χ0v) is 13.8. The van der Waals surface area contributed by atoms with E-state index in [4.69, 9.17) is 11.2 Å². The molecule has 24 heavy (non-hydrogen) atoms. The summed E-state index contributed by atoms with van der Waals surface area (Å²) in [5.41, 5.74) is 0.461. The summed E-state index contributed by atoms with van der Waals surface area (Å²) in [6, 6.07) is 5.33. The van der Waals surface area contributed by atoms with E-state index in [-0.39, 0.29) is 18.2 Å². The highest BCUT2D eigenvalue weighted by Crippen LogP contribution is 2.14. The van der Waals surface area contributed by atoms with Gasteiger partial charge in [0, 0.05) is 5.69 Å². The summed E-state index contributed by atoms with van der Waals surface area (Å²) in [5, 5.41) is 4.31. The van der Waals surface area contributed by atoms with Crippen molar-refractivity contribution in [2.75, 3.05) is 24.2 Å². The van der Waals surface area contributed by atoms with Crippen molar-refractivity contribution in [3.05, 3.63) is 30.1 Å². The van der Waals surface area contributed by atoms with Crippen LogP contribution in [0, 0.1) is 18.2 Å². The van der Waals surface area contributed by atoms with E-state index in [0.717, 1.165) is 11.8 Å². The number of carbonyl (C=O) groups excluding carboxylic acids is 3. The Morgan fingerprint density at radius 3 is 2.58 bits per heavy atom. The number of rotatable bonds is 8. The Morgan fingerprint density at radius 2 is 1.96 bits per heavy atom. The van der Waals surface area contributed by atoms with Gasteiger partial charge in [0.1, 0.15) is 11.1 Å². The first-order valence-corrected chi connectivity index (χ1v) is 8.01. The molecule has 0 aromatic heterocycles. The maximum Gasteiger partial charge on any atom is 0.319 e. The second-order valence-electron chi connectivity index (χ2n) is 4.60. The molecule has 8 heteroatoms. The first kappa shape index (κ1) is 19.5. The molecule has 0 fully saturated rings. The first-order valence-electron chi connectivity index (χ1n) is 6.96. The van der Waals surface area contributed by atoms with Crippen molar-refractivity contribution >= 4 is 35.2 Å². The van der Waals surface area contributed by atoms with E-state index >= 15 is 0 Å². The van der Waals surface area contributed by atoms with Crippen LogP contribution in [0.3, 0.4) is 0 Å². The zero-order valence-electron chi connectivity index (χ0n) is 13.0. The minimum atomic E-state index is -0.621. The van der Waals surface area contributed by atoms with Gasteiger partial charge in [0.2, 0.25) is 5.91 Å². The molecule has 1 aromatic rings. The number of carbonyl (C=O) groups is 3. The van der Waals surface area contributed by atoms with Crippen molar-refractivity contribution in [3.63, 3.8) is 0 Å². The number of anilines is 1. The van der Waals surface area contributed by atoms with Gasteiger partial charge in [0.05, 0.1) is 12.3 Å². The molecular weight excluding hydrogens is 335 g/mol. The van der Waals surface area contributed by atoms with Gasteiger partial charge < -0.3 is 15.4 Å². The molecule has 1 atom stereocenters. The Balaban J connectivity index is 2.28. The van der Waals surface area contributed by atoms with Gasteiger partial charge >= 0.3 is 5.97 Å². The molecule has 0 heterocycles. The van der Waals surface area contributed by atoms with Crippen LogP contribution in [0.1, 0.15) is 6.92 Å². The van der Waals surface area contributed by atoms with Gasteiger partial charge in [-0.3, -0.25) is 14.4 Å². The molecular formula is C16H17FN2O4S. The molecule has 2 amide bonds. The van der Waals surface area contributed by atoms with E-state index in [9.17, 15) is 18.8 Å². The Morgan fingerprint density at radius 1 is 1.29 bits per heavy atom. The molecule has 0 saturated heterocycles. The third-order valence-electron chi connectivity index (χ3n) is 2.66. The predicted octanol–water partition coefficient (Wildman–Crippen LogP) is 1.18. The summed E-state index contributed by atoms with van der Waals surface area (Å²) < 4.78 is 17.6. The lowest BCUT2D eigenvalue weighted by atomic mass is 10.3. The predicted molar refractivity (Wildman–Crippen MR) is 89.8 cm³/mol. The molecule has 0 aliphatic carbocycles. The SMILES string of the molecule is C#CCNC(=O)COC(=O)[C@H](C)SCC(=O)Nc1ccc(F)cc1. The molecule has 0 radical (unpaired) electrons. The number of esters is 1. The first-order chi connectivity index (χ1) is 11.4. The second kappa shape index (κ2) is 10.3. The highest BCUT2D eigenvalue weighted by Gasteiger charge is 2.18. The van der Waals surface area contributed by atoms with Crippen molar-refractivity contribution in [2.24, 2.45) is 0 Å². The fourth-order valence-electron chi connectivity index (χ4n) is 1.45. The largest absolute Gasteiger partial charge is 0.455 e. The van der Waals surface area contributed by atoms with E-state index in [2.05, 4.69) is 16.6 Å². The number of ether oxygens (including phenoxy) is 1. The Bertz CT molecular complexity index is 628. The highest BCUT2D eigenvalue weighted by atomic mass is 32.2. The fourth-order valence-corrected chi connectivity index (χ4v) is 2.13. The fraction of sp³-hybridized carbons (Fsp3) is 0.312. The third kappa shape index (κ3) is 7.65. The molecule has 0 bridgehead atoms. The molecule has 0 aliphatic heterocycles. The van der Waals surface area contributed by atoms with E-state index in [0.29, 0.717) is 5.69 Å². The summed E-state index contributed by atoms with van der Waals surface area (Å²) in [4.78, 5) is 34.7. The summed E-state index contributed by atoms with van der Waals surface area (Å²) in [5.74, 6) is 0.401. The minimum Gasteiger partial charge on any atom is -0.455 e. The number of amides is 2. The third-order valence-corrected chi connectivity index (χ3v) is 3.78.